The van der Waals surface area contributed by atoms with E-state index in [9.17, 15) is 5.21 Å². The summed E-state index contributed by atoms with van der Waals surface area (Å²) in [5.74, 6) is 0.798. The van der Waals surface area contributed by atoms with E-state index in [1.54, 1.807) is 0 Å². The highest BCUT2D eigenvalue weighted by Crippen LogP contribution is 2.29. The summed E-state index contributed by atoms with van der Waals surface area (Å²) in [4.78, 5) is 1.03. The molecule has 0 amide bonds. The van der Waals surface area contributed by atoms with Crippen molar-refractivity contribution >= 4 is 11.3 Å². The molecule has 2 aromatic rings. The molecule has 1 aromatic heterocycles. The van der Waals surface area contributed by atoms with Crippen molar-refractivity contribution in [2.75, 3.05) is 6.54 Å². The van der Waals surface area contributed by atoms with Crippen LogP contribution in [0.3, 0.4) is 0 Å². The Morgan fingerprint density at radius 3 is 2.61 bits per heavy atom. The molecule has 0 fully saturated rings. The fourth-order valence-corrected chi connectivity index (χ4v) is 2.37. The van der Waals surface area contributed by atoms with Crippen molar-refractivity contribution in [3.63, 3.8) is 0 Å². The highest BCUT2D eigenvalue weighted by atomic mass is 32.1. The van der Waals surface area contributed by atoms with E-state index in [2.05, 4.69) is 0 Å². The molecular formula is C13H15NO3S. The smallest absolute Gasteiger partial charge is 0.181 e. The molecule has 2 N–H and O–H groups in total. The number of thiophene rings is 1. The third-order valence-electron chi connectivity index (χ3n) is 2.46. The van der Waals surface area contributed by atoms with Gasteiger partial charge in [0.25, 0.3) is 0 Å². The van der Waals surface area contributed by atoms with Gasteiger partial charge in [-0.2, -0.15) is 0 Å². The Morgan fingerprint density at radius 2 is 1.94 bits per heavy atom. The van der Waals surface area contributed by atoms with Gasteiger partial charge in [-0.1, -0.05) is 17.7 Å². The molecule has 0 aliphatic rings. The summed E-state index contributed by atoms with van der Waals surface area (Å²) in [5, 5.41) is 19.1. The van der Waals surface area contributed by atoms with Crippen molar-refractivity contribution in [2.24, 2.45) is 0 Å². The van der Waals surface area contributed by atoms with Crippen molar-refractivity contribution < 1.29 is 15.2 Å². The number of ether oxygens (including phenoxy) is 1. The number of aryl methyl sites for hydroxylation is 1. The summed E-state index contributed by atoms with van der Waals surface area (Å²) < 4.78 is 5.69. The van der Waals surface area contributed by atoms with E-state index in [0.717, 1.165) is 15.7 Å². The molecule has 96 valence electrons. The number of rotatable bonds is 5. The van der Waals surface area contributed by atoms with Crippen molar-refractivity contribution in [3.05, 3.63) is 52.0 Å². The summed E-state index contributed by atoms with van der Waals surface area (Å²) in [5.41, 5.74) is 1.19. The maximum atomic E-state index is 10.5. The van der Waals surface area contributed by atoms with Gasteiger partial charge in [-0.3, -0.25) is 0 Å². The first-order valence-corrected chi connectivity index (χ1v) is 6.50. The number of quaternary nitrogens is 1. The van der Waals surface area contributed by atoms with Crippen LogP contribution in [0.1, 0.15) is 10.4 Å². The van der Waals surface area contributed by atoms with Gasteiger partial charge in [-0.25, -0.2) is 10.4 Å². The average molecular weight is 265 g/mol. The van der Waals surface area contributed by atoms with E-state index in [4.69, 9.17) is 9.94 Å². The summed E-state index contributed by atoms with van der Waals surface area (Å²) in [6.07, 6.45) is 0.553. The Kier molecular flexibility index (Phi) is 4.33. The van der Waals surface area contributed by atoms with Crippen LogP contribution in [0.4, 0.5) is 0 Å². The van der Waals surface area contributed by atoms with Crippen LogP contribution in [0.5, 0.6) is 10.8 Å². The molecule has 1 atom stereocenters. The molecule has 0 saturated heterocycles. The summed E-state index contributed by atoms with van der Waals surface area (Å²) in [6, 6.07) is 11.6. The molecule has 0 spiro atoms. The molecule has 0 aliphatic carbocycles. The number of benzene rings is 1. The fourth-order valence-electron chi connectivity index (χ4n) is 1.50. The van der Waals surface area contributed by atoms with Gasteiger partial charge in [0, 0.05) is 11.3 Å². The Balaban J connectivity index is 1.95. The van der Waals surface area contributed by atoms with E-state index >= 15 is 0 Å². The third kappa shape index (κ3) is 3.82. The summed E-state index contributed by atoms with van der Waals surface area (Å²) in [7, 11) is 0. The zero-order valence-corrected chi connectivity index (χ0v) is 10.9. The van der Waals surface area contributed by atoms with Gasteiger partial charge >= 0.3 is 0 Å². The lowest BCUT2D eigenvalue weighted by atomic mass is 10.2. The molecule has 0 aliphatic heterocycles. The highest BCUT2D eigenvalue weighted by molar-refractivity contribution is 7.13. The predicted molar refractivity (Wildman–Crippen MR) is 70.3 cm³/mol. The second kappa shape index (κ2) is 5.97. The quantitative estimate of drug-likeness (QED) is 0.815. The first kappa shape index (κ1) is 13.0. The molecule has 4 nitrogen and oxygen atoms in total. The van der Waals surface area contributed by atoms with Crippen LogP contribution in [-0.4, -0.2) is 11.8 Å². The fraction of sp³-hybridized carbons (Fsp3) is 0.231. The number of hydroxylamine groups is 2. The zero-order valence-electron chi connectivity index (χ0n) is 10.1. The lowest BCUT2D eigenvalue weighted by Crippen LogP contribution is -3.04. The Labute approximate surface area is 110 Å². The van der Waals surface area contributed by atoms with Crippen molar-refractivity contribution in [1.82, 2.24) is 0 Å². The van der Waals surface area contributed by atoms with Crippen LogP contribution in [0.15, 0.2) is 36.4 Å². The number of nitrogens with one attached hydrogen (secondary N) is 1. The Morgan fingerprint density at radius 1 is 1.22 bits per heavy atom. The predicted octanol–water partition coefficient (Wildman–Crippen LogP) is 2.16. The van der Waals surface area contributed by atoms with Crippen molar-refractivity contribution in [2.45, 2.75) is 13.3 Å². The van der Waals surface area contributed by atoms with Crippen molar-refractivity contribution in [1.29, 1.82) is 0 Å². The summed E-state index contributed by atoms with van der Waals surface area (Å²) in [6.45, 7) is 2.18. The maximum absolute atomic E-state index is 10.5. The molecular weight excluding hydrogens is 250 g/mol. The summed E-state index contributed by atoms with van der Waals surface area (Å²) >= 11 is 1.49. The third-order valence-corrected chi connectivity index (χ3v) is 3.48. The largest absolute Gasteiger partial charge is 0.600 e. The lowest BCUT2D eigenvalue weighted by Gasteiger charge is -2.10. The molecule has 1 aromatic carbocycles. The molecule has 1 heterocycles. The van der Waals surface area contributed by atoms with Crippen LogP contribution < -0.4 is 9.96 Å². The molecule has 0 radical (unpaired) electrons. The minimum absolute atomic E-state index is 0.157. The van der Waals surface area contributed by atoms with E-state index in [1.807, 2.05) is 43.3 Å². The molecule has 0 bridgehead atoms. The van der Waals surface area contributed by atoms with Crippen molar-refractivity contribution in [3.8, 4) is 10.8 Å². The molecule has 2 rings (SSSR count). The Hall–Kier alpha value is -1.40. The van der Waals surface area contributed by atoms with Crippen LogP contribution in [0.25, 0.3) is 0 Å². The molecule has 18 heavy (non-hydrogen) atoms. The number of hydrogen-bond donors (Lipinski definition) is 2. The van der Waals surface area contributed by atoms with Gasteiger partial charge in [0.05, 0.1) is 0 Å². The standard InChI is InChI=1S/C13H15NO3S/c1-10-2-4-11(5-3-10)17-13-7-6-12(18-13)8-9-14(15)16/h2-7,14-15H,8-9H2,1H3. The maximum Gasteiger partial charge on any atom is 0.181 e. The minimum Gasteiger partial charge on any atom is -0.600 e. The average Bonchev–Trinajstić information content (AvgIpc) is 2.77. The van der Waals surface area contributed by atoms with E-state index < -0.39 is 5.23 Å². The molecule has 0 saturated carbocycles. The van der Waals surface area contributed by atoms with Crippen LogP contribution in [-0.2, 0) is 6.42 Å². The van der Waals surface area contributed by atoms with Gasteiger partial charge in [0.15, 0.2) is 5.06 Å². The highest BCUT2D eigenvalue weighted by Gasteiger charge is 2.04. The van der Waals surface area contributed by atoms with Gasteiger partial charge in [0.1, 0.15) is 12.3 Å². The van der Waals surface area contributed by atoms with Gasteiger partial charge in [0.2, 0.25) is 0 Å². The zero-order chi connectivity index (χ0) is 13.0. The Bertz CT molecular complexity index is 493. The minimum atomic E-state index is -0.774. The van der Waals surface area contributed by atoms with Gasteiger partial charge < -0.3 is 9.94 Å². The first-order valence-electron chi connectivity index (χ1n) is 5.68. The SMILES string of the molecule is Cc1ccc(Oc2ccc(CC[NH+]([O-])O)s2)cc1. The normalized spacial score (nSPS) is 12.4. The van der Waals surface area contributed by atoms with Crippen LogP contribution >= 0.6 is 11.3 Å². The van der Waals surface area contributed by atoms with Gasteiger partial charge in [-0.15, -0.1) is 11.3 Å². The van der Waals surface area contributed by atoms with E-state index in [1.165, 1.54) is 16.9 Å². The second-order valence-electron chi connectivity index (χ2n) is 4.03. The lowest BCUT2D eigenvalue weighted by molar-refractivity contribution is -1.05. The monoisotopic (exact) mass is 265 g/mol. The first-order chi connectivity index (χ1) is 8.63. The van der Waals surface area contributed by atoms with Crippen LogP contribution in [0.2, 0.25) is 0 Å². The van der Waals surface area contributed by atoms with E-state index in [0.29, 0.717) is 6.42 Å². The molecule has 5 heteroatoms. The second-order valence-corrected chi connectivity index (χ2v) is 5.16. The topological polar surface area (TPSA) is 57.0 Å². The van der Waals surface area contributed by atoms with Crippen LogP contribution in [0, 0.1) is 12.1 Å². The van der Waals surface area contributed by atoms with E-state index in [-0.39, 0.29) is 6.54 Å². The molecule has 1 unspecified atom stereocenters. The number of hydrogen-bond acceptors (Lipinski definition) is 4. The van der Waals surface area contributed by atoms with Gasteiger partial charge in [-0.05, 0) is 31.2 Å².